The van der Waals surface area contributed by atoms with Gasteiger partial charge in [-0.1, -0.05) is 29.4 Å². The van der Waals surface area contributed by atoms with E-state index in [2.05, 4.69) is 11.2 Å². The fourth-order valence-electron chi connectivity index (χ4n) is 2.24. The summed E-state index contributed by atoms with van der Waals surface area (Å²) in [5.74, 6) is 1.18. The summed E-state index contributed by atoms with van der Waals surface area (Å²) >= 11 is 5.70. The standard InChI is InChI=1S/C12H14ClNO/c13-7-3-4-9-8-12(14-15)11-6-2-1-5-10(9)11/h1-2,5-6,9,15H,3-4,7-8H2. The second-order valence-electron chi connectivity index (χ2n) is 3.87. The van der Waals surface area contributed by atoms with Gasteiger partial charge in [0.05, 0.1) is 5.71 Å². The highest BCUT2D eigenvalue weighted by Gasteiger charge is 2.26. The lowest BCUT2D eigenvalue weighted by Gasteiger charge is -2.08. The smallest absolute Gasteiger partial charge is 0.0876 e. The topological polar surface area (TPSA) is 32.6 Å². The van der Waals surface area contributed by atoms with Crippen LogP contribution < -0.4 is 0 Å². The summed E-state index contributed by atoms with van der Waals surface area (Å²) in [4.78, 5) is 0. The van der Waals surface area contributed by atoms with E-state index in [1.165, 1.54) is 5.56 Å². The molecule has 0 radical (unpaired) electrons. The van der Waals surface area contributed by atoms with Crippen molar-refractivity contribution < 1.29 is 5.21 Å². The molecule has 0 fully saturated rings. The van der Waals surface area contributed by atoms with E-state index in [4.69, 9.17) is 16.8 Å². The quantitative estimate of drug-likeness (QED) is 0.476. The van der Waals surface area contributed by atoms with Crippen molar-refractivity contribution in [3.05, 3.63) is 35.4 Å². The monoisotopic (exact) mass is 223 g/mol. The first-order valence-corrected chi connectivity index (χ1v) is 5.76. The number of nitrogens with zero attached hydrogens (tertiary/aromatic N) is 1. The zero-order chi connectivity index (χ0) is 10.7. The van der Waals surface area contributed by atoms with Gasteiger partial charge in [0.25, 0.3) is 0 Å². The summed E-state index contributed by atoms with van der Waals surface area (Å²) in [6.45, 7) is 0. The molecule has 0 aromatic heterocycles. The zero-order valence-electron chi connectivity index (χ0n) is 8.49. The largest absolute Gasteiger partial charge is 0.411 e. The first kappa shape index (κ1) is 10.5. The number of hydrogen-bond donors (Lipinski definition) is 1. The fourth-order valence-corrected chi connectivity index (χ4v) is 2.40. The van der Waals surface area contributed by atoms with E-state index in [1.54, 1.807) is 0 Å². The molecule has 0 spiro atoms. The molecule has 0 aliphatic heterocycles. The van der Waals surface area contributed by atoms with Crippen LogP contribution in [0.1, 0.15) is 36.3 Å². The molecule has 1 aromatic rings. The van der Waals surface area contributed by atoms with Gasteiger partial charge in [0.15, 0.2) is 0 Å². The molecule has 0 bridgehead atoms. The minimum absolute atomic E-state index is 0.478. The molecule has 1 aliphatic carbocycles. The molecule has 80 valence electrons. The molecule has 0 saturated heterocycles. The van der Waals surface area contributed by atoms with Crippen LogP contribution in [0.4, 0.5) is 0 Å². The summed E-state index contributed by atoms with van der Waals surface area (Å²) < 4.78 is 0. The lowest BCUT2D eigenvalue weighted by Crippen LogP contribution is -1.95. The molecule has 1 aromatic carbocycles. The molecule has 1 unspecified atom stereocenters. The van der Waals surface area contributed by atoms with Crippen molar-refractivity contribution in [1.82, 2.24) is 0 Å². The van der Waals surface area contributed by atoms with Crippen LogP contribution in [0.3, 0.4) is 0 Å². The lowest BCUT2D eigenvalue weighted by atomic mass is 9.97. The van der Waals surface area contributed by atoms with Gasteiger partial charge in [-0.25, -0.2) is 0 Å². The van der Waals surface area contributed by atoms with E-state index in [0.29, 0.717) is 11.8 Å². The van der Waals surface area contributed by atoms with E-state index in [1.807, 2.05) is 18.2 Å². The third-order valence-corrected chi connectivity index (χ3v) is 3.23. The average molecular weight is 224 g/mol. The van der Waals surface area contributed by atoms with Gasteiger partial charge in [0.2, 0.25) is 0 Å². The Bertz CT molecular complexity index is 376. The van der Waals surface area contributed by atoms with Crippen LogP contribution in [0, 0.1) is 0 Å². The van der Waals surface area contributed by atoms with Gasteiger partial charge in [-0.05, 0) is 24.3 Å². The number of oxime groups is 1. The van der Waals surface area contributed by atoms with E-state index in [9.17, 15) is 0 Å². The molecular weight excluding hydrogens is 210 g/mol. The second kappa shape index (κ2) is 4.67. The number of alkyl halides is 1. The molecule has 1 N–H and O–H groups in total. The average Bonchev–Trinajstić information content (AvgIpc) is 2.65. The molecule has 1 aliphatic rings. The molecule has 0 amide bonds. The predicted molar refractivity (Wildman–Crippen MR) is 62.1 cm³/mol. The highest BCUT2D eigenvalue weighted by atomic mass is 35.5. The van der Waals surface area contributed by atoms with Crippen LogP contribution in [-0.4, -0.2) is 16.8 Å². The molecule has 2 nitrogen and oxygen atoms in total. The van der Waals surface area contributed by atoms with Gasteiger partial charge in [-0.2, -0.15) is 0 Å². The van der Waals surface area contributed by atoms with E-state index >= 15 is 0 Å². The second-order valence-corrected chi connectivity index (χ2v) is 4.24. The molecular formula is C12H14ClNO. The van der Waals surface area contributed by atoms with Crippen molar-refractivity contribution in [3.8, 4) is 0 Å². The summed E-state index contributed by atoms with van der Waals surface area (Å²) in [6, 6.07) is 8.15. The summed E-state index contributed by atoms with van der Waals surface area (Å²) in [5, 5.41) is 12.3. The molecule has 0 heterocycles. The van der Waals surface area contributed by atoms with Gasteiger partial charge in [-0.15, -0.1) is 11.6 Å². The first-order valence-electron chi connectivity index (χ1n) is 5.23. The first-order chi connectivity index (χ1) is 7.36. The zero-order valence-corrected chi connectivity index (χ0v) is 9.24. The maximum absolute atomic E-state index is 8.92. The highest BCUT2D eigenvalue weighted by Crippen LogP contribution is 2.36. The normalized spacial score (nSPS) is 21.9. The summed E-state index contributed by atoms with van der Waals surface area (Å²) in [7, 11) is 0. The van der Waals surface area contributed by atoms with Gasteiger partial charge in [0.1, 0.15) is 0 Å². The summed E-state index contributed by atoms with van der Waals surface area (Å²) in [6.07, 6.45) is 2.92. The molecule has 0 saturated carbocycles. The van der Waals surface area contributed by atoms with Crippen molar-refractivity contribution in [1.29, 1.82) is 0 Å². The Morgan fingerprint density at radius 2 is 2.20 bits per heavy atom. The number of hydrogen-bond acceptors (Lipinski definition) is 2. The van der Waals surface area contributed by atoms with Crippen molar-refractivity contribution in [2.75, 3.05) is 5.88 Å². The Labute approximate surface area is 94.6 Å². The minimum atomic E-state index is 0.478. The van der Waals surface area contributed by atoms with Gasteiger partial charge < -0.3 is 5.21 Å². The molecule has 1 atom stereocenters. The van der Waals surface area contributed by atoms with Gasteiger partial charge in [0, 0.05) is 17.9 Å². The Balaban J connectivity index is 2.26. The Hall–Kier alpha value is -1.02. The van der Waals surface area contributed by atoms with Crippen LogP contribution >= 0.6 is 11.6 Å². The predicted octanol–water partition coefficient (Wildman–Crippen LogP) is 3.37. The van der Waals surface area contributed by atoms with E-state index < -0.39 is 0 Å². The maximum atomic E-state index is 8.92. The SMILES string of the molecule is ON=C1CC(CCCCl)c2ccccc21. The van der Waals surface area contributed by atoms with Crippen molar-refractivity contribution in [3.63, 3.8) is 0 Å². The number of rotatable bonds is 3. The number of benzene rings is 1. The van der Waals surface area contributed by atoms with Crippen LogP contribution in [0.15, 0.2) is 29.4 Å². The highest BCUT2D eigenvalue weighted by molar-refractivity contribution is 6.17. The third kappa shape index (κ3) is 2.00. The van der Waals surface area contributed by atoms with E-state index in [0.717, 1.165) is 30.5 Å². The third-order valence-electron chi connectivity index (χ3n) is 2.96. The molecule has 15 heavy (non-hydrogen) atoms. The molecule has 3 heteroatoms. The number of fused-ring (bicyclic) bond motifs is 1. The van der Waals surface area contributed by atoms with Crippen LogP contribution in [0.25, 0.3) is 0 Å². The van der Waals surface area contributed by atoms with Crippen molar-refractivity contribution >= 4 is 17.3 Å². The van der Waals surface area contributed by atoms with Gasteiger partial charge >= 0.3 is 0 Å². The number of halogens is 1. The summed E-state index contributed by atoms with van der Waals surface area (Å²) in [5.41, 5.74) is 3.21. The lowest BCUT2D eigenvalue weighted by molar-refractivity contribution is 0.318. The van der Waals surface area contributed by atoms with Crippen LogP contribution in [0.5, 0.6) is 0 Å². The van der Waals surface area contributed by atoms with Gasteiger partial charge in [-0.3, -0.25) is 0 Å². The minimum Gasteiger partial charge on any atom is -0.411 e. The van der Waals surface area contributed by atoms with Crippen molar-refractivity contribution in [2.45, 2.75) is 25.2 Å². The van der Waals surface area contributed by atoms with Crippen molar-refractivity contribution in [2.24, 2.45) is 5.16 Å². The Kier molecular flexibility index (Phi) is 3.27. The fraction of sp³-hybridized carbons (Fsp3) is 0.417. The van der Waals surface area contributed by atoms with E-state index in [-0.39, 0.29) is 0 Å². The Morgan fingerprint density at radius 3 is 2.93 bits per heavy atom. The van der Waals surface area contributed by atoms with Crippen LogP contribution in [-0.2, 0) is 0 Å². The molecule has 2 rings (SSSR count). The maximum Gasteiger partial charge on any atom is 0.0876 e. The van der Waals surface area contributed by atoms with Crippen LogP contribution in [0.2, 0.25) is 0 Å². The Morgan fingerprint density at radius 1 is 1.40 bits per heavy atom.